The average molecular weight is 429 g/mol. The molecule has 0 atom stereocenters. The Morgan fingerprint density at radius 1 is 1.17 bits per heavy atom. The van der Waals surface area contributed by atoms with Crippen LogP contribution < -0.4 is 5.32 Å². The van der Waals surface area contributed by atoms with Crippen LogP contribution in [0.5, 0.6) is 0 Å². The van der Waals surface area contributed by atoms with Gasteiger partial charge in [0.05, 0.1) is 5.01 Å². The van der Waals surface area contributed by atoms with E-state index in [9.17, 15) is 9.59 Å². The lowest BCUT2D eigenvalue weighted by Crippen LogP contribution is -2.47. The highest BCUT2D eigenvalue weighted by Gasteiger charge is 2.41. The third-order valence-corrected chi connectivity index (χ3v) is 7.82. The summed E-state index contributed by atoms with van der Waals surface area (Å²) in [6.45, 7) is 4.15. The summed E-state index contributed by atoms with van der Waals surface area (Å²) in [5.41, 5.74) is 0.663. The van der Waals surface area contributed by atoms with Gasteiger partial charge in [-0.05, 0) is 44.4 Å². The molecule has 8 nitrogen and oxygen atoms in total. The van der Waals surface area contributed by atoms with Crippen molar-refractivity contribution in [1.82, 2.24) is 30.0 Å². The minimum atomic E-state index is -0.0933. The number of rotatable bonds is 3. The second kappa shape index (κ2) is 7.76. The van der Waals surface area contributed by atoms with Crippen molar-refractivity contribution in [2.75, 3.05) is 13.1 Å². The zero-order valence-electron chi connectivity index (χ0n) is 17.4. The molecule has 2 aromatic heterocycles. The zero-order chi connectivity index (χ0) is 20.7. The van der Waals surface area contributed by atoms with Gasteiger partial charge >= 0.3 is 0 Å². The van der Waals surface area contributed by atoms with E-state index in [0.29, 0.717) is 11.5 Å². The van der Waals surface area contributed by atoms with Crippen molar-refractivity contribution in [1.29, 1.82) is 0 Å². The Balaban J connectivity index is 1.26. The molecule has 160 valence electrons. The fourth-order valence-corrected chi connectivity index (χ4v) is 5.77. The summed E-state index contributed by atoms with van der Waals surface area (Å²) in [6, 6.07) is 0.270. The van der Waals surface area contributed by atoms with Crippen molar-refractivity contribution in [2.24, 2.45) is 5.41 Å². The number of likely N-dealkylation sites (tertiary alicyclic amines) is 1. The molecule has 1 N–H and O–H groups in total. The van der Waals surface area contributed by atoms with Crippen LogP contribution in [0.2, 0.25) is 0 Å². The maximum absolute atomic E-state index is 12.8. The minimum absolute atomic E-state index is 0.0339. The van der Waals surface area contributed by atoms with Crippen molar-refractivity contribution in [3.05, 3.63) is 27.7 Å². The summed E-state index contributed by atoms with van der Waals surface area (Å²) < 4.78 is 2.04. The lowest BCUT2D eigenvalue weighted by molar-refractivity contribution is 0.0461. The highest BCUT2D eigenvalue weighted by molar-refractivity contribution is 7.09. The van der Waals surface area contributed by atoms with Gasteiger partial charge in [0.1, 0.15) is 11.5 Å². The predicted octanol–water partition coefficient (Wildman–Crippen LogP) is 2.58. The molecule has 5 rings (SSSR count). The number of hydrogen-bond donors (Lipinski definition) is 1. The van der Waals surface area contributed by atoms with Crippen molar-refractivity contribution in [3.63, 3.8) is 0 Å². The first-order chi connectivity index (χ1) is 14.5. The van der Waals surface area contributed by atoms with E-state index in [2.05, 4.69) is 20.5 Å². The lowest BCUT2D eigenvalue weighted by Gasteiger charge is -2.44. The number of thiazole rings is 1. The molecule has 0 bridgehead atoms. The first-order valence-electron chi connectivity index (χ1n) is 11.0. The van der Waals surface area contributed by atoms with Gasteiger partial charge in [-0.2, -0.15) is 0 Å². The Morgan fingerprint density at radius 2 is 1.93 bits per heavy atom. The molecular formula is C21H28N6O2S. The van der Waals surface area contributed by atoms with Crippen LogP contribution in [-0.2, 0) is 13.0 Å². The van der Waals surface area contributed by atoms with Gasteiger partial charge in [0, 0.05) is 37.5 Å². The fraction of sp³-hybridized carbons (Fsp3) is 0.667. The topological polar surface area (TPSA) is 93.0 Å². The van der Waals surface area contributed by atoms with Crippen LogP contribution in [0.1, 0.15) is 76.9 Å². The molecule has 0 aromatic carbocycles. The van der Waals surface area contributed by atoms with Crippen molar-refractivity contribution < 1.29 is 9.59 Å². The quantitative estimate of drug-likeness (QED) is 0.811. The standard InChI is InChI=1S/C21H28N6O2S/c1-14-22-16(12-30-14)20(29)26-10-8-21(9-11-26)7-6-17-24-25-18(27(17)13-21)19(28)23-15-4-2-3-5-15/h12,15H,2-11,13H2,1H3,(H,23,28). The van der Waals surface area contributed by atoms with Gasteiger partial charge in [0.25, 0.3) is 11.8 Å². The summed E-state index contributed by atoms with van der Waals surface area (Å²) in [6.07, 6.45) is 8.21. The zero-order valence-corrected chi connectivity index (χ0v) is 18.2. The molecule has 9 heteroatoms. The maximum atomic E-state index is 12.8. The van der Waals surface area contributed by atoms with Gasteiger partial charge in [-0.15, -0.1) is 21.5 Å². The monoisotopic (exact) mass is 428 g/mol. The van der Waals surface area contributed by atoms with Gasteiger partial charge in [-0.25, -0.2) is 4.98 Å². The smallest absolute Gasteiger partial charge is 0.289 e. The van der Waals surface area contributed by atoms with Crippen LogP contribution in [0.4, 0.5) is 0 Å². The Hall–Kier alpha value is -2.29. The number of carbonyl (C=O) groups is 2. The Labute approximate surface area is 180 Å². The van der Waals surface area contributed by atoms with E-state index in [-0.39, 0.29) is 23.3 Å². The van der Waals surface area contributed by atoms with E-state index in [1.54, 1.807) is 0 Å². The highest BCUT2D eigenvalue weighted by Crippen LogP contribution is 2.41. The Bertz CT molecular complexity index is 953. The normalized spacial score (nSPS) is 21.0. The van der Waals surface area contributed by atoms with Gasteiger partial charge in [-0.3, -0.25) is 9.59 Å². The molecule has 3 aliphatic rings. The first kappa shape index (κ1) is 19.7. The second-order valence-corrected chi connectivity index (χ2v) is 10.1. The van der Waals surface area contributed by atoms with E-state index >= 15 is 0 Å². The molecule has 4 heterocycles. The number of hydrogen-bond acceptors (Lipinski definition) is 6. The Morgan fingerprint density at radius 3 is 2.63 bits per heavy atom. The molecule has 0 radical (unpaired) electrons. The van der Waals surface area contributed by atoms with Crippen LogP contribution in [0, 0.1) is 12.3 Å². The molecule has 2 fully saturated rings. The molecule has 1 saturated heterocycles. The first-order valence-corrected chi connectivity index (χ1v) is 11.9. The van der Waals surface area contributed by atoms with Gasteiger partial charge < -0.3 is 14.8 Å². The maximum Gasteiger partial charge on any atom is 0.289 e. The van der Waals surface area contributed by atoms with Gasteiger partial charge in [0.2, 0.25) is 5.82 Å². The fourth-order valence-electron chi connectivity index (χ4n) is 5.18. The summed E-state index contributed by atoms with van der Waals surface area (Å²) >= 11 is 1.51. The van der Waals surface area contributed by atoms with E-state index in [0.717, 1.165) is 69.0 Å². The molecule has 2 aliphatic heterocycles. The molecule has 0 unspecified atom stereocenters. The van der Waals surface area contributed by atoms with Crippen molar-refractivity contribution >= 4 is 23.2 Å². The van der Waals surface area contributed by atoms with Crippen LogP contribution in [0.3, 0.4) is 0 Å². The number of carbonyl (C=O) groups excluding carboxylic acids is 2. The van der Waals surface area contributed by atoms with E-state index in [1.807, 2.05) is 21.8 Å². The highest BCUT2D eigenvalue weighted by atomic mass is 32.1. The van der Waals surface area contributed by atoms with Crippen molar-refractivity contribution in [2.45, 2.75) is 70.9 Å². The number of nitrogens with one attached hydrogen (secondary N) is 1. The molecule has 30 heavy (non-hydrogen) atoms. The minimum Gasteiger partial charge on any atom is -0.347 e. The molecular weight excluding hydrogens is 400 g/mol. The van der Waals surface area contributed by atoms with Crippen molar-refractivity contribution in [3.8, 4) is 0 Å². The molecule has 1 aliphatic carbocycles. The second-order valence-electron chi connectivity index (χ2n) is 9.02. The number of fused-ring (bicyclic) bond motifs is 1. The van der Waals surface area contributed by atoms with Crippen LogP contribution in [0.15, 0.2) is 5.38 Å². The number of amides is 2. The third-order valence-electron chi connectivity index (χ3n) is 7.04. The molecule has 1 spiro atoms. The van der Waals surface area contributed by atoms with Gasteiger partial charge in [0.15, 0.2) is 0 Å². The molecule has 2 aromatic rings. The van der Waals surface area contributed by atoms with E-state index in [1.165, 1.54) is 24.2 Å². The molecule has 1 saturated carbocycles. The predicted molar refractivity (Wildman–Crippen MR) is 112 cm³/mol. The SMILES string of the molecule is Cc1nc(C(=O)N2CCC3(CCc4nnc(C(=O)NC5CCCC5)n4C3)CC2)cs1. The third kappa shape index (κ3) is 3.64. The van der Waals surface area contributed by atoms with Crippen LogP contribution in [-0.4, -0.2) is 55.6 Å². The van der Waals surface area contributed by atoms with Crippen LogP contribution in [0.25, 0.3) is 0 Å². The number of nitrogens with zero attached hydrogens (tertiary/aromatic N) is 5. The number of piperidine rings is 1. The summed E-state index contributed by atoms with van der Waals surface area (Å²) in [5.74, 6) is 1.30. The van der Waals surface area contributed by atoms with Crippen LogP contribution >= 0.6 is 11.3 Å². The van der Waals surface area contributed by atoms with Gasteiger partial charge in [-0.1, -0.05) is 12.8 Å². The molecule has 2 amide bonds. The summed E-state index contributed by atoms with van der Waals surface area (Å²) in [7, 11) is 0. The number of aromatic nitrogens is 4. The number of aryl methyl sites for hydroxylation is 2. The Kier molecular flexibility index (Phi) is 5.08. The summed E-state index contributed by atoms with van der Waals surface area (Å²) in [4.78, 5) is 31.8. The average Bonchev–Trinajstić information content (AvgIpc) is 3.49. The largest absolute Gasteiger partial charge is 0.347 e. The summed E-state index contributed by atoms with van der Waals surface area (Å²) in [5, 5.41) is 14.4. The van der Waals surface area contributed by atoms with E-state index in [4.69, 9.17) is 0 Å². The van der Waals surface area contributed by atoms with E-state index < -0.39 is 0 Å². The lowest BCUT2D eigenvalue weighted by atomic mass is 9.73.